The van der Waals surface area contributed by atoms with Crippen molar-refractivity contribution in [3.05, 3.63) is 70.5 Å². The summed E-state index contributed by atoms with van der Waals surface area (Å²) in [5, 5.41) is 14.7. The van der Waals surface area contributed by atoms with Crippen LogP contribution in [0.25, 0.3) is 22.0 Å². The van der Waals surface area contributed by atoms with Crippen molar-refractivity contribution in [2.24, 2.45) is 0 Å². The van der Waals surface area contributed by atoms with E-state index >= 15 is 0 Å². The molecule has 188 valence electrons. The van der Waals surface area contributed by atoms with Gasteiger partial charge in [0.1, 0.15) is 17.6 Å². The van der Waals surface area contributed by atoms with Crippen molar-refractivity contribution < 1.29 is 4.74 Å². The van der Waals surface area contributed by atoms with E-state index in [1.54, 1.807) is 18.3 Å². The fourth-order valence-electron chi connectivity index (χ4n) is 4.55. The summed E-state index contributed by atoms with van der Waals surface area (Å²) in [5.74, 6) is 1.48. The number of nitrogens with one attached hydrogen (secondary N) is 1. The van der Waals surface area contributed by atoms with Gasteiger partial charge in [-0.1, -0.05) is 42.3 Å². The van der Waals surface area contributed by atoms with Crippen LogP contribution in [0.3, 0.4) is 0 Å². The maximum absolute atomic E-state index is 9.74. The monoisotopic (exact) mass is 532 g/mol. The SMILES string of the molecule is CCN1CCN(c2ccc(-c3ccc4c(Nc5cc(OC)c(Cl)cc5Cl)c(C#N)cnc4c3)cn2)CC1. The van der Waals surface area contributed by atoms with Crippen LogP contribution >= 0.6 is 23.2 Å². The molecule has 9 heteroatoms. The van der Waals surface area contributed by atoms with Crippen LogP contribution in [0.15, 0.2) is 54.9 Å². The van der Waals surface area contributed by atoms with E-state index in [-0.39, 0.29) is 0 Å². The van der Waals surface area contributed by atoms with Crippen LogP contribution in [-0.4, -0.2) is 54.7 Å². The lowest BCUT2D eigenvalue weighted by atomic mass is 10.0. The second-order valence-electron chi connectivity index (χ2n) is 8.81. The average Bonchev–Trinajstić information content (AvgIpc) is 2.94. The zero-order valence-electron chi connectivity index (χ0n) is 20.6. The van der Waals surface area contributed by atoms with E-state index < -0.39 is 0 Å². The number of piperazine rings is 1. The molecule has 1 saturated heterocycles. The maximum Gasteiger partial charge on any atom is 0.139 e. The third kappa shape index (κ3) is 5.14. The summed E-state index contributed by atoms with van der Waals surface area (Å²) in [6.07, 6.45) is 3.47. The first-order valence-electron chi connectivity index (χ1n) is 12.1. The Bertz CT molecular complexity index is 1480. The molecule has 2 aromatic carbocycles. The number of ether oxygens (including phenoxy) is 1. The number of nitriles is 1. The highest BCUT2D eigenvalue weighted by molar-refractivity contribution is 6.37. The van der Waals surface area contributed by atoms with Gasteiger partial charge in [-0.15, -0.1) is 0 Å². The van der Waals surface area contributed by atoms with Crippen molar-refractivity contribution in [3.8, 4) is 22.9 Å². The fourth-order valence-corrected chi connectivity index (χ4v) is 5.05. The normalized spacial score (nSPS) is 14.0. The zero-order valence-corrected chi connectivity index (χ0v) is 22.1. The predicted molar refractivity (Wildman–Crippen MR) is 150 cm³/mol. The number of rotatable bonds is 6. The number of methoxy groups -OCH3 is 1. The first-order valence-corrected chi connectivity index (χ1v) is 12.8. The lowest BCUT2D eigenvalue weighted by Crippen LogP contribution is -2.46. The first-order chi connectivity index (χ1) is 18.0. The molecule has 1 aliphatic heterocycles. The smallest absolute Gasteiger partial charge is 0.139 e. The van der Waals surface area contributed by atoms with E-state index in [9.17, 15) is 5.26 Å². The topological polar surface area (TPSA) is 77.3 Å². The second kappa shape index (κ2) is 10.8. The summed E-state index contributed by atoms with van der Waals surface area (Å²) in [6.45, 7) is 7.38. The molecular weight excluding hydrogens is 507 g/mol. The summed E-state index contributed by atoms with van der Waals surface area (Å²) in [4.78, 5) is 14.1. The Hall–Kier alpha value is -3.57. The predicted octanol–water partition coefficient (Wildman–Crippen LogP) is 6.37. The highest BCUT2D eigenvalue weighted by Gasteiger charge is 2.17. The molecule has 4 aromatic rings. The van der Waals surface area contributed by atoms with Gasteiger partial charge in [0, 0.05) is 55.6 Å². The number of fused-ring (bicyclic) bond motifs is 1. The number of hydrogen-bond acceptors (Lipinski definition) is 7. The van der Waals surface area contributed by atoms with Gasteiger partial charge in [0.2, 0.25) is 0 Å². The number of hydrogen-bond donors (Lipinski definition) is 1. The number of anilines is 3. The molecule has 5 rings (SSSR count). The van der Waals surface area contributed by atoms with Gasteiger partial charge in [0.15, 0.2) is 0 Å². The lowest BCUT2D eigenvalue weighted by molar-refractivity contribution is 0.270. The molecule has 0 amide bonds. The number of benzene rings is 2. The molecule has 37 heavy (non-hydrogen) atoms. The van der Waals surface area contributed by atoms with Crippen LogP contribution in [-0.2, 0) is 0 Å². The van der Waals surface area contributed by atoms with Crippen LogP contribution in [0.1, 0.15) is 12.5 Å². The number of aromatic nitrogens is 2. The van der Waals surface area contributed by atoms with Crippen molar-refractivity contribution in [3.63, 3.8) is 0 Å². The molecule has 3 heterocycles. The van der Waals surface area contributed by atoms with Gasteiger partial charge in [-0.2, -0.15) is 5.26 Å². The molecule has 1 N–H and O–H groups in total. The Labute approximate surface area is 226 Å². The van der Waals surface area contributed by atoms with Crippen LogP contribution in [0, 0.1) is 11.3 Å². The van der Waals surface area contributed by atoms with E-state index in [2.05, 4.69) is 45.2 Å². The third-order valence-corrected chi connectivity index (χ3v) is 7.32. The molecule has 2 aromatic heterocycles. The highest BCUT2D eigenvalue weighted by Crippen LogP contribution is 2.38. The molecule has 0 bridgehead atoms. The molecular formula is C28H26Cl2N6O. The van der Waals surface area contributed by atoms with Crippen molar-refractivity contribution in [2.45, 2.75) is 6.92 Å². The van der Waals surface area contributed by atoms with Crippen molar-refractivity contribution in [2.75, 3.05) is 50.1 Å². The first kappa shape index (κ1) is 25.1. The molecule has 0 unspecified atom stereocenters. The largest absolute Gasteiger partial charge is 0.495 e. The average molecular weight is 533 g/mol. The van der Waals surface area contributed by atoms with Gasteiger partial charge in [0.05, 0.1) is 39.6 Å². The molecule has 0 saturated carbocycles. The van der Waals surface area contributed by atoms with Gasteiger partial charge in [0.25, 0.3) is 0 Å². The second-order valence-corrected chi connectivity index (χ2v) is 9.62. The van der Waals surface area contributed by atoms with Gasteiger partial charge in [-0.25, -0.2) is 4.98 Å². The lowest BCUT2D eigenvalue weighted by Gasteiger charge is -2.34. The minimum Gasteiger partial charge on any atom is -0.495 e. The summed E-state index contributed by atoms with van der Waals surface area (Å²) in [7, 11) is 1.54. The van der Waals surface area contributed by atoms with E-state index in [1.807, 2.05) is 24.4 Å². The number of nitrogens with zero attached hydrogens (tertiary/aromatic N) is 5. The van der Waals surface area contributed by atoms with Crippen LogP contribution in [0.2, 0.25) is 10.0 Å². The van der Waals surface area contributed by atoms with E-state index in [0.29, 0.717) is 32.7 Å². The Morgan fingerprint density at radius 2 is 1.76 bits per heavy atom. The Kier molecular flexibility index (Phi) is 7.33. The Morgan fingerprint density at radius 1 is 0.973 bits per heavy atom. The standard InChI is InChI=1S/C28H26Cl2N6O/c1-3-35-8-10-36(11-9-35)27-7-5-19(16-33-27)18-4-6-21-24(12-18)32-17-20(15-31)28(21)34-25-14-26(37-2)23(30)13-22(25)29/h4-7,12-14,16-17H,3,8-11H2,1-2H3,(H,32,34). The summed E-state index contributed by atoms with van der Waals surface area (Å²) in [5.41, 5.74) is 4.34. The zero-order chi connectivity index (χ0) is 25.9. The Balaban J connectivity index is 1.45. The molecule has 1 fully saturated rings. The van der Waals surface area contributed by atoms with Crippen molar-refractivity contribution >= 4 is 51.3 Å². The molecule has 0 atom stereocenters. The summed E-state index contributed by atoms with van der Waals surface area (Å²) >= 11 is 12.6. The van der Waals surface area contributed by atoms with Crippen LogP contribution in [0.4, 0.5) is 17.2 Å². The molecule has 7 nitrogen and oxygen atoms in total. The van der Waals surface area contributed by atoms with Gasteiger partial charge in [-0.05, 0) is 36.4 Å². The number of halogens is 2. The van der Waals surface area contributed by atoms with E-state index in [0.717, 1.165) is 60.6 Å². The molecule has 0 aliphatic carbocycles. The molecule has 1 aliphatic rings. The minimum atomic E-state index is 0.402. The summed E-state index contributed by atoms with van der Waals surface area (Å²) in [6, 6.07) is 15.7. The number of pyridine rings is 2. The van der Waals surface area contributed by atoms with Crippen molar-refractivity contribution in [1.82, 2.24) is 14.9 Å². The van der Waals surface area contributed by atoms with Crippen LogP contribution < -0.4 is 15.0 Å². The Morgan fingerprint density at radius 3 is 2.43 bits per heavy atom. The van der Waals surface area contributed by atoms with Crippen LogP contribution in [0.5, 0.6) is 5.75 Å². The van der Waals surface area contributed by atoms with Gasteiger partial charge in [-0.3, -0.25) is 4.98 Å². The quantitative estimate of drug-likeness (QED) is 0.309. The maximum atomic E-state index is 9.74. The minimum absolute atomic E-state index is 0.402. The van der Waals surface area contributed by atoms with E-state index in [4.69, 9.17) is 32.9 Å². The van der Waals surface area contributed by atoms with Crippen molar-refractivity contribution in [1.29, 1.82) is 5.26 Å². The van der Waals surface area contributed by atoms with Gasteiger partial charge >= 0.3 is 0 Å². The molecule has 0 spiro atoms. The summed E-state index contributed by atoms with van der Waals surface area (Å²) < 4.78 is 5.33. The highest BCUT2D eigenvalue weighted by atomic mass is 35.5. The molecule has 0 radical (unpaired) electrons. The third-order valence-electron chi connectivity index (χ3n) is 6.72. The fraction of sp³-hybridized carbons (Fsp3) is 0.250. The van der Waals surface area contributed by atoms with E-state index in [1.165, 1.54) is 7.11 Å². The number of likely N-dealkylation sites (N-methyl/N-ethyl adjacent to an activating group) is 1. The van der Waals surface area contributed by atoms with Gasteiger partial charge < -0.3 is 19.9 Å².